The zero-order chi connectivity index (χ0) is 22.8. The van der Waals surface area contributed by atoms with Crippen LogP contribution in [0.1, 0.15) is 76.3 Å². The van der Waals surface area contributed by atoms with E-state index in [0.29, 0.717) is 26.1 Å². The van der Waals surface area contributed by atoms with Crippen LogP contribution in [0.2, 0.25) is 0 Å². The van der Waals surface area contributed by atoms with E-state index in [9.17, 15) is 9.90 Å². The lowest BCUT2D eigenvalue weighted by atomic mass is 9.79. The Morgan fingerprint density at radius 1 is 0.844 bits per heavy atom. The van der Waals surface area contributed by atoms with Gasteiger partial charge in [0.25, 0.3) is 0 Å². The monoisotopic (exact) mass is 439 g/mol. The van der Waals surface area contributed by atoms with Gasteiger partial charge in [-0.25, -0.2) is 0 Å². The van der Waals surface area contributed by atoms with Crippen molar-refractivity contribution in [2.75, 3.05) is 13.2 Å². The predicted molar refractivity (Wildman–Crippen MR) is 127 cm³/mol. The summed E-state index contributed by atoms with van der Waals surface area (Å²) in [7, 11) is 0. The van der Waals surface area contributed by atoms with Gasteiger partial charge < -0.3 is 19.9 Å². The van der Waals surface area contributed by atoms with Crippen LogP contribution in [0.3, 0.4) is 0 Å². The number of hydrogen-bond acceptors (Lipinski definition) is 4. The first-order valence-corrected chi connectivity index (χ1v) is 12.1. The lowest BCUT2D eigenvalue weighted by Crippen LogP contribution is -2.47. The van der Waals surface area contributed by atoms with Gasteiger partial charge in [0, 0.05) is 6.42 Å². The highest BCUT2D eigenvalue weighted by atomic mass is 16.5. The predicted octanol–water partition coefficient (Wildman–Crippen LogP) is 5.34. The summed E-state index contributed by atoms with van der Waals surface area (Å²) in [5.74, 6) is 1.55. The molecule has 2 aromatic rings. The normalized spacial score (nSPS) is 16.1. The van der Waals surface area contributed by atoms with E-state index in [1.807, 2.05) is 48.5 Å². The zero-order valence-electron chi connectivity index (χ0n) is 19.4. The molecule has 1 atom stereocenters. The van der Waals surface area contributed by atoms with Crippen molar-refractivity contribution in [2.45, 2.75) is 76.9 Å². The van der Waals surface area contributed by atoms with Gasteiger partial charge in [0.2, 0.25) is 5.91 Å². The Morgan fingerprint density at radius 2 is 1.31 bits per heavy atom. The summed E-state index contributed by atoms with van der Waals surface area (Å²) < 4.78 is 11.7. The van der Waals surface area contributed by atoms with Crippen LogP contribution in [0.4, 0.5) is 0 Å². The molecule has 32 heavy (non-hydrogen) atoms. The SMILES string of the molecule is CCCCCOc1ccc(C(O)(c2ccc(OCCCCC)cc2)[C@H]2CCC(=O)N2)cc1. The number of carbonyl (C=O) groups excluding carboxylic acids is 1. The van der Waals surface area contributed by atoms with Crippen molar-refractivity contribution in [2.24, 2.45) is 0 Å². The molecule has 0 aromatic heterocycles. The molecule has 1 saturated heterocycles. The van der Waals surface area contributed by atoms with Gasteiger partial charge in [0.1, 0.15) is 17.1 Å². The molecule has 5 nitrogen and oxygen atoms in total. The van der Waals surface area contributed by atoms with E-state index in [4.69, 9.17) is 9.47 Å². The average Bonchev–Trinajstić information content (AvgIpc) is 3.27. The van der Waals surface area contributed by atoms with E-state index in [2.05, 4.69) is 19.2 Å². The molecule has 0 radical (unpaired) electrons. The minimum absolute atomic E-state index is 0.0276. The van der Waals surface area contributed by atoms with E-state index in [0.717, 1.165) is 61.2 Å². The number of aliphatic hydroxyl groups is 1. The van der Waals surface area contributed by atoms with Crippen molar-refractivity contribution in [3.8, 4) is 11.5 Å². The first-order chi connectivity index (χ1) is 15.6. The number of nitrogens with one attached hydrogen (secondary N) is 1. The Kier molecular flexibility index (Phi) is 8.98. The minimum atomic E-state index is -1.33. The highest BCUT2D eigenvalue weighted by molar-refractivity contribution is 5.79. The molecule has 5 heteroatoms. The van der Waals surface area contributed by atoms with E-state index in [1.54, 1.807) is 0 Å². The molecule has 0 aliphatic carbocycles. The number of amides is 1. The molecule has 1 aliphatic rings. The van der Waals surface area contributed by atoms with Crippen LogP contribution < -0.4 is 14.8 Å². The lowest BCUT2D eigenvalue weighted by molar-refractivity contribution is -0.120. The van der Waals surface area contributed by atoms with Gasteiger partial charge in [0.15, 0.2) is 0 Å². The van der Waals surface area contributed by atoms with Crippen molar-refractivity contribution in [1.29, 1.82) is 0 Å². The second-order valence-electron chi connectivity index (χ2n) is 8.59. The molecule has 0 spiro atoms. The Hall–Kier alpha value is -2.53. The fourth-order valence-electron chi connectivity index (χ4n) is 4.19. The number of benzene rings is 2. The summed E-state index contributed by atoms with van der Waals surface area (Å²) in [6.45, 7) is 5.72. The smallest absolute Gasteiger partial charge is 0.220 e. The second-order valence-corrected chi connectivity index (χ2v) is 8.59. The Labute approximate surface area is 192 Å². The van der Waals surface area contributed by atoms with Crippen molar-refractivity contribution in [1.82, 2.24) is 5.32 Å². The van der Waals surface area contributed by atoms with Crippen LogP contribution in [0.25, 0.3) is 0 Å². The number of ether oxygens (including phenoxy) is 2. The van der Waals surface area contributed by atoms with Crippen LogP contribution in [-0.4, -0.2) is 30.3 Å². The van der Waals surface area contributed by atoms with Crippen molar-refractivity contribution < 1.29 is 19.4 Å². The minimum Gasteiger partial charge on any atom is -0.494 e. The fraction of sp³-hybridized carbons (Fsp3) is 0.519. The van der Waals surface area contributed by atoms with E-state index >= 15 is 0 Å². The molecule has 1 aliphatic heterocycles. The quantitative estimate of drug-likeness (QED) is 0.414. The third kappa shape index (κ3) is 6.04. The maximum absolute atomic E-state index is 12.0. The lowest BCUT2D eigenvalue weighted by Gasteiger charge is -2.35. The van der Waals surface area contributed by atoms with E-state index in [1.165, 1.54) is 0 Å². The Morgan fingerprint density at radius 3 is 1.69 bits per heavy atom. The van der Waals surface area contributed by atoms with Crippen LogP contribution in [0.5, 0.6) is 11.5 Å². The van der Waals surface area contributed by atoms with Crippen LogP contribution in [-0.2, 0) is 10.4 Å². The number of rotatable bonds is 13. The molecule has 0 bridgehead atoms. The van der Waals surface area contributed by atoms with Gasteiger partial charge in [-0.1, -0.05) is 63.8 Å². The number of unbranched alkanes of at least 4 members (excludes halogenated alkanes) is 4. The second kappa shape index (κ2) is 11.9. The highest BCUT2D eigenvalue weighted by Gasteiger charge is 2.43. The summed E-state index contributed by atoms with van der Waals surface area (Å²) in [6.07, 6.45) is 7.68. The third-order valence-corrected chi connectivity index (χ3v) is 6.12. The van der Waals surface area contributed by atoms with Crippen LogP contribution in [0.15, 0.2) is 48.5 Å². The van der Waals surface area contributed by atoms with Gasteiger partial charge in [-0.3, -0.25) is 4.79 Å². The number of hydrogen-bond donors (Lipinski definition) is 2. The molecule has 2 N–H and O–H groups in total. The van der Waals surface area contributed by atoms with Crippen molar-refractivity contribution >= 4 is 5.91 Å². The maximum Gasteiger partial charge on any atom is 0.220 e. The molecule has 2 aromatic carbocycles. The molecule has 3 rings (SSSR count). The summed E-state index contributed by atoms with van der Waals surface area (Å²) in [5, 5.41) is 14.9. The first-order valence-electron chi connectivity index (χ1n) is 12.1. The largest absolute Gasteiger partial charge is 0.494 e. The average molecular weight is 440 g/mol. The first kappa shape index (κ1) is 24.1. The summed E-state index contributed by atoms with van der Waals surface area (Å²) in [4.78, 5) is 12.0. The van der Waals surface area contributed by atoms with Crippen molar-refractivity contribution in [3.63, 3.8) is 0 Å². The molecule has 1 heterocycles. The van der Waals surface area contributed by atoms with Crippen LogP contribution >= 0.6 is 0 Å². The molecule has 174 valence electrons. The fourth-order valence-corrected chi connectivity index (χ4v) is 4.19. The maximum atomic E-state index is 12.0. The Balaban J connectivity index is 1.78. The zero-order valence-corrected chi connectivity index (χ0v) is 19.4. The molecule has 0 saturated carbocycles. The molecule has 0 unspecified atom stereocenters. The van der Waals surface area contributed by atoms with Crippen LogP contribution in [0, 0.1) is 0 Å². The van der Waals surface area contributed by atoms with E-state index in [-0.39, 0.29) is 11.9 Å². The summed E-state index contributed by atoms with van der Waals surface area (Å²) >= 11 is 0. The van der Waals surface area contributed by atoms with Gasteiger partial charge in [-0.15, -0.1) is 0 Å². The topological polar surface area (TPSA) is 67.8 Å². The van der Waals surface area contributed by atoms with Gasteiger partial charge in [-0.2, -0.15) is 0 Å². The van der Waals surface area contributed by atoms with Gasteiger partial charge in [0.05, 0.1) is 19.3 Å². The molecule has 1 fully saturated rings. The van der Waals surface area contributed by atoms with E-state index < -0.39 is 5.60 Å². The summed E-state index contributed by atoms with van der Waals surface area (Å²) in [6, 6.07) is 14.8. The third-order valence-electron chi connectivity index (χ3n) is 6.12. The highest BCUT2D eigenvalue weighted by Crippen LogP contribution is 2.38. The molecular weight excluding hydrogens is 402 g/mol. The van der Waals surface area contributed by atoms with Gasteiger partial charge >= 0.3 is 0 Å². The summed E-state index contributed by atoms with van der Waals surface area (Å²) in [5.41, 5.74) is 0.151. The molecule has 1 amide bonds. The van der Waals surface area contributed by atoms with Crippen molar-refractivity contribution in [3.05, 3.63) is 59.7 Å². The van der Waals surface area contributed by atoms with Gasteiger partial charge in [-0.05, 0) is 54.7 Å². The molecular formula is C27H37NO4. The standard InChI is InChI=1S/C27H37NO4/c1-3-5-7-19-31-23-13-9-21(10-14-23)27(30,25-17-18-26(29)28-25)22-11-15-24(16-12-22)32-20-8-6-4-2/h9-16,25,30H,3-8,17-20H2,1-2H3,(H,28,29)/t25-/m1/s1. The Bertz CT molecular complexity index is 776. The number of carbonyl (C=O) groups is 1.